The first-order chi connectivity index (χ1) is 9.79. The molecular weight excluding hydrogens is 399 g/mol. The van der Waals surface area contributed by atoms with Crippen molar-refractivity contribution in [3.05, 3.63) is 22.4 Å². The zero-order valence-corrected chi connectivity index (χ0v) is 15.4. The number of nitrogens with one attached hydrogen (secondary N) is 2. The fourth-order valence-electron chi connectivity index (χ4n) is 2.14. The minimum Gasteiger partial charge on any atom is -0.357 e. The van der Waals surface area contributed by atoms with Crippen LogP contribution in [0.5, 0.6) is 0 Å². The van der Waals surface area contributed by atoms with Gasteiger partial charge in [0.05, 0.1) is 6.54 Å². The Bertz CT molecular complexity index is 444. The Kier molecular flexibility index (Phi) is 8.67. The average Bonchev–Trinajstić information content (AvgIpc) is 3.13. The number of likely N-dealkylation sites (tertiary alicyclic amines) is 1. The van der Waals surface area contributed by atoms with Gasteiger partial charge in [-0.15, -0.1) is 35.3 Å². The van der Waals surface area contributed by atoms with Crippen LogP contribution in [0.2, 0.25) is 0 Å². The van der Waals surface area contributed by atoms with Crippen molar-refractivity contribution in [2.45, 2.75) is 26.3 Å². The molecule has 0 aliphatic carbocycles. The minimum absolute atomic E-state index is 0. The first kappa shape index (κ1) is 18.2. The molecule has 1 saturated heterocycles. The number of thiophene rings is 1. The quantitative estimate of drug-likeness (QED) is 0.434. The smallest absolute Gasteiger partial charge is 0.244 e. The molecule has 0 aromatic carbocycles. The number of hydrogen-bond acceptors (Lipinski definition) is 3. The number of halogens is 1. The van der Waals surface area contributed by atoms with Gasteiger partial charge in [0, 0.05) is 24.5 Å². The van der Waals surface area contributed by atoms with Gasteiger partial charge in [-0.2, -0.15) is 0 Å². The third-order valence-electron chi connectivity index (χ3n) is 3.19. The summed E-state index contributed by atoms with van der Waals surface area (Å²) in [5.41, 5.74) is 0. The molecule has 1 amide bonds. The molecule has 0 atom stereocenters. The highest BCUT2D eigenvalue weighted by atomic mass is 127. The summed E-state index contributed by atoms with van der Waals surface area (Å²) in [6.45, 7) is 5.53. The van der Waals surface area contributed by atoms with Crippen LogP contribution in [-0.2, 0) is 11.3 Å². The maximum Gasteiger partial charge on any atom is 0.244 e. The van der Waals surface area contributed by atoms with Gasteiger partial charge in [-0.25, -0.2) is 4.99 Å². The molecule has 7 heteroatoms. The van der Waals surface area contributed by atoms with Crippen LogP contribution in [-0.4, -0.2) is 42.9 Å². The number of carbonyl (C=O) groups excluding carboxylic acids is 1. The second kappa shape index (κ2) is 9.99. The first-order valence-electron chi connectivity index (χ1n) is 7.12. The molecule has 118 valence electrons. The van der Waals surface area contributed by atoms with Gasteiger partial charge in [-0.05, 0) is 31.2 Å². The molecule has 1 aromatic heterocycles. The molecule has 1 aliphatic rings. The fraction of sp³-hybridized carbons (Fsp3) is 0.571. The molecule has 2 heterocycles. The SMILES string of the molecule is CCNC(=NCC(=O)N1CCCC1)NCc1cccs1.I. The van der Waals surface area contributed by atoms with E-state index >= 15 is 0 Å². The lowest BCUT2D eigenvalue weighted by Crippen LogP contribution is -2.38. The molecule has 2 N–H and O–H groups in total. The lowest BCUT2D eigenvalue weighted by atomic mass is 10.4. The van der Waals surface area contributed by atoms with E-state index in [0.717, 1.165) is 39.0 Å². The Morgan fingerprint density at radius 2 is 2.14 bits per heavy atom. The summed E-state index contributed by atoms with van der Waals surface area (Å²) in [5, 5.41) is 8.46. The molecular formula is C14H23IN4OS. The highest BCUT2D eigenvalue weighted by molar-refractivity contribution is 14.0. The molecule has 1 aromatic rings. The van der Waals surface area contributed by atoms with Crippen LogP contribution >= 0.6 is 35.3 Å². The van der Waals surface area contributed by atoms with Gasteiger partial charge in [0.15, 0.2) is 5.96 Å². The van der Waals surface area contributed by atoms with Crippen molar-refractivity contribution in [1.82, 2.24) is 15.5 Å². The van der Waals surface area contributed by atoms with Crippen molar-refractivity contribution in [2.75, 3.05) is 26.2 Å². The van der Waals surface area contributed by atoms with Crippen LogP contribution in [0, 0.1) is 0 Å². The maximum atomic E-state index is 12.0. The average molecular weight is 422 g/mol. The van der Waals surface area contributed by atoms with Gasteiger partial charge < -0.3 is 15.5 Å². The molecule has 0 radical (unpaired) electrons. The molecule has 2 rings (SSSR count). The topological polar surface area (TPSA) is 56.7 Å². The van der Waals surface area contributed by atoms with Crippen molar-refractivity contribution in [1.29, 1.82) is 0 Å². The van der Waals surface area contributed by atoms with Crippen molar-refractivity contribution in [3.63, 3.8) is 0 Å². The zero-order chi connectivity index (χ0) is 14.2. The Morgan fingerprint density at radius 1 is 1.38 bits per heavy atom. The second-order valence-corrected chi connectivity index (χ2v) is 5.75. The van der Waals surface area contributed by atoms with E-state index in [9.17, 15) is 4.79 Å². The van der Waals surface area contributed by atoms with Crippen molar-refractivity contribution in [2.24, 2.45) is 4.99 Å². The summed E-state index contributed by atoms with van der Waals surface area (Å²) < 4.78 is 0. The third-order valence-corrected chi connectivity index (χ3v) is 4.06. The summed E-state index contributed by atoms with van der Waals surface area (Å²) in [5.74, 6) is 0.823. The zero-order valence-electron chi connectivity index (χ0n) is 12.3. The minimum atomic E-state index is 0. The molecule has 5 nitrogen and oxygen atoms in total. The normalized spacial score (nSPS) is 14.7. The predicted molar refractivity (Wildman–Crippen MR) is 98.4 cm³/mol. The lowest BCUT2D eigenvalue weighted by Gasteiger charge is -2.15. The van der Waals surface area contributed by atoms with E-state index in [0.29, 0.717) is 5.96 Å². The van der Waals surface area contributed by atoms with E-state index in [1.165, 1.54) is 4.88 Å². The third kappa shape index (κ3) is 6.21. The number of rotatable bonds is 5. The molecule has 1 fully saturated rings. The van der Waals surface area contributed by atoms with Crippen LogP contribution in [0.1, 0.15) is 24.6 Å². The summed E-state index contributed by atoms with van der Waals surface area (Å²) in [6, 6.07) is 4.11. The number of nitrogens with zero attached hydrogens (tertiary/aromatic N) is 2. The monoisotopic (exact) mass is 422 g/mol. The second-order valence-electron chi connectivity index (χ2n) is 4.72. The largest absolute Gasteiger partial charge is 0.357 e. The molecule has 0 unspecified atom stereocenters. The van der Waals surface area contributed by atoms with Crippen molar-refractivity contribution in [3.8, 4) is 0 Å². The first-order valence-corrected chi connectivity index (χ1v) is 8.00. The van der Waals surface area contributed by atoms with Crippen LogP contribution in [0.4, 0.5) is 0 Å². The van der Waals surface area contributed by atoms with Gasteiger partial charge in [-0.3, -0.25) is 4.79 Å². The Morgan fingerprint density at radius 3 is 2.76 bits per heavy atom. The van der Waals surface area contributed by atoms with E-state index in [2.05, 4.69) is 27.1 Å². The van der Waals surface area contributed by atoms with Crippen molar-refractivity contribution >= 4 is 47.2 Å². The van der Waals surface area contributed by atoms with E-state index < -0.39 is 0 Å². The molecule has 0 spiro atoms. The molecule has 21 heavy (non-hydrogen) atoms. The summed E-state index contributed by atoms with van der Waals surface area (Å²) in [7, 11) is 0. The van der Waals surface area contributed by atoms with E-state index in [1.54, 1.807) is 11.3 Å². The maximum absolute atomic E-state index is 12.0. The van der Waals surface area contributed by atoms with Crippen molar-refractivity contribution < 1.29 is 4.79 Å². The summed E-state index contributed by atoms with van der Waals surface area (Å²) in [6.07, 6.45) is 2.23. The predicted octanol–water partition coefficient (Wildman–Crippen LogP) is 2.04. The summed E-state index contributed by atoms with van der Waals surface area (Å²) >= 11 is 1.71. The molecule has 0 bridgehead atoms. The number of carbonyl (C=O) groups is 1. The van der Waals surface area contributed by atoms with Gasteiger partial charge in [0.25, 0.3) is 0 Å². The standard InChI is InChI=1S/C14H22N4OS.HI/c1-2-15-14(16-10-12-6-5-9-20-12)17-11-13(19)18-7-3-4-8-18;/h5-6,9H,2-4,7-8,10-11H2,1H3,(H2,15,16,17);1H. The Hall–Kier alpha value is -0.830. The summed E-state index contributed by atoms with van der Waals surface area (Å²) in [4.78, 5) is 19.5. The molecule has 1 aliphatic heterocycles. The van der Waals surface area contributed by atoms with Crippen LogP contribution in [0.25, 0.3) is 0 Å². The highest BCUT2D eigenvalue weighted by Gasteiger charge is 2.17. The Balaban J connectivity index is 0.00000220. The lowest BCUT2D eigenvalue weighted by molar-refractivity contribution is -0.128. The van der Waals surface area contributed by atoms with Gasteiger partial charge in [0.1, 0.15) is 6.54 Å². The van der Waals surface area contributed by atoms with Gasteiger partial charge in [-0.1, -0.05) is 6.07 Å². The van der Waals surface area contributed by atoms with Gasteiger partial charge >= 0.3 is 0 Å². The number of hydrogen-bond donors (Lipinski definition) is 2. The van der Waals surface area contributed by atoms with Crippen LogP contribution < -0.4 is 10.6 Å². The van der Waals surface area contributed by atoms with Crippen LogP contribution in [0.3, 0.4) is 0 Å². The van der Waals surface area contributed by atoms with E-state index in [1.807, 2.05) is 17.9 Å². The fourth-order valence-corrected chi connectivity index (χ4v) is 2.78. The van der Waals surface area contributed by atoms with Gasteiger partial charge in [0.2, 0.25) is 5.91 Å². The highest BCUT2D eigenvalue weighted by Crippen LogP contribution is 2.08. The number of aliphatic imine (C=N–C) groups is 1. The number of amides is 1. The molecule has 0 saturated carbocycles. The Labute approximate surface area is 147 Å². The van der Waals surface area contributed by atoms with Crippen LogP contribution in [0.15, 0.2) is 22.5 Å². The number of guanidine groups is 1. The van der Waals surface area contributed by atoms with E-state index in [-0.39, 0.29) is 36.4 Å². The van der Waals surface area contributed by atoms with E-state index in [4.69, 9.17) is 0 Å².